The minimum atomic E-state index is -1.05. The first-order valence-corrected chi connectivity index (χ1v) is 12.9. The fraction of sp³-hybridized carbons (Fsp3) is 0.323. The lowest BCUT2D eigenvalue weighted by Gasteiger charge is -2.32. The molecule has 0 heterocycles. The Morgan fingerprint density at radius 3 is 2.15 bits per heavy atom. The lowest BCUT2D eigenvalue weighted by molar-refractivity contribution is -0.139. The molecule has 0 aromatic heterocycles. The van der Waals surface area contributed by atoms with E-state index in [1.807, 2.05) is 19.1 Å². The topological polar surface area (TPSA) is 117 Å². The van der Waals surface area contributed by atoms with E-state index >= 15 is 0 Å². The zero-order valence-electron chi connectivity index (χ0n) is 23.7. The van der Waals surface area contributed by atoms with E-state index in [0.717, 1.165) is 5.56 Å². The van der Waals surface area contributed by atoms with E-state index in [-0.39, 0.29) is 12.2 Å². The maximum atomic E-state index is 14.0. The second-order valence-corrected chi connectivity index (χ2v) is 10.5. The number of phenols is 1. The van der Waals surface area contributed by atoms with Gasteiger partial charge in [0.25, 0.3) is 5.91 Å². The van der Waals surface area contributed by atoms with Gasteiger partial charge in [-0.2, -0.15) is 0 Å². The van der Waals surface area contributed by atoms with Gasteiger partial charge in [0.15, 0.2) is 0 Å². The first-order chi connectivity index (χ1) is 18.9. The Bertz CT molecular complexity index is 1320. The highest BCUT2D eigenvalue weighted by molar-refractivity contribution is 5.99. The molecule has 9 heteroatoms. The summed E-state index contributed by atoms with van der Waals surface area (Å²) in [6.45, 7) is 7.06. The van der Waals surface area contributed by atoms with Gasteiger partial charge in [-0.15, -0.1) is 0 Å². The molecular weight excluding hydrogens is 510 g/mol. The van der Waals surface area contributed by atoms with Crippen molar-refractivity contribution >= 4 is 23.6 Å². The number of anilines is 1. The van der Waals surface area contributed by atoms with Crippen molar-refractivity contribution in [2.45, 2.75) is 51.8 Å². The van der Waals surface area contributed by atoms with Crippen molar-refractivity contribution in [1.82, 2.24) is 10.2 Å². The van der Waals surface area contributed by atoms with Crippen LogP contribution in [0.3, 0.4) is 0 Å². The van der Waals surface area contributed by atoms with Gasteiger partial charge < -0.3 is 30.1 Å². The smallest absolute Gasteiger partial charge is 0.408 e. The Morgan fingerprint density at radius 1 is 0.950 bits per heavy atom. The van der Waals surface area contributed by atoms with Crippen molar-refractivity contribution in [2.75, 3.05) is 19.5 Å². The molecule has 2 atom stereocenters. The third kappa shape index (κ3) is 8.23. The van der Waals surface area contributed by atoms with Crippen LogP contribution in [0.2, 0.25) is 0 Å². The van der Waals surface area contributed by atoms with Crippen LogP contribution in [0.4, 0.5) is 10.5 Å². The molecule has 0 radical (unpaired) electrons. The summed E-state index contributed by atoms with van der Waals surface area (Å²) < 4.78 is 10.6. The summed E-state index contributed by atoms with van der Waals surface area (Å²) in [5, 5.41) is 15.3. The number of ether oxygens (including phenoxy) is 2. The number of nitrogens with zero attached hydrogens (tertiary/aromatic N) is 1. The highest BCUT2D eigenvalue weighted by atomic mass is 16.6. The Morgan fingerprint density at radius 2 is 1.57 bits per heavy atom. The third-order valence-electron chi connectivity index (χ3n) is 6.19. The number of amides is 3. The standard InChI is InChI=1S/C31H37N3O6/c1-20-9-7-8-10-25(20)27(28(36)32-22-13-17-24(39-6)18-14-22)34(5)29(37)26(33-30(38)40-31(2,3)4)19-21-11-15-23(35)16-12-21/h7-18,26-27,35H,19H2,1-6H3,(H,32,36)(H,33,38). The first kappa shape index (κ1) is 30.0. The summed E-state index contributed by atoms with van der Waals surface area (Å²) in [6.07, 6.45) is -0.642. The van der Waals surface area contributed by atoms with Crippen molar-refractivity contribution in [2.24, 2.45) is 0 Å². The van der Waals surface area contributed by atoms with Gasteiger partial charge in [0.2, 0.25) is 5.91 Å². The number of hydrogen-bond acceptors (Lipinski definition) is 6. The number of aryl methyl sites for hydroxylation is 1. The SMILES string of the molecule is COc1ccc(NC(=O)C(c2ccccc2C)N(C)C(=O)C(Cc2ccc(O)cc2)NC(=O)OC(C)(C)C)cc1. The highest BCUT2D eigenvalue weighted by Crippen LogP contribution is 2.27. The molecule has 0 saturated carbocycles. The number of hydrogen-bond donors (Lipinski definition) is 3. The molecule has 3 aromatic rings. The van der Waals surface area contributed by atoms with E-state index in [9.17, 15) is 19.5 Å². The van der Waals surface area contributed by atoms with Gasteiger partial charge in [-0.05, 0) is 80.8 Å². The van der Waals surface area contributed by atoms with Crippen LogP contribution < -0.4 is 15.4 Å². The number of aromatic hydroxyl groups is 1. The van der Waals surface area contributed by atoms with E-state index in [0.29, 0.717) is 22.6 Å². The van der Waals surface area contributed by atoms with Crippen LogP contribution in [0.1, 0.15) is 43.5 Å². The van der Waals surface area contributed by atoms with Gasteiger partial charge in [-0.25, -0.2) is 4.79 Å². The average molecular weight is 548 g/mol. The molecule has 3 amide bonds. The quantitative estimate of drug-likeness (QED) is 0.348. The minimum absolute atomic E-state index is 0.0821. The largest absolute Gasteiger partial charge is 0.508 e. The summed E-state index contributed by atoms with van der Waals surface area (Å²) >= 11 is 0. The van der Waals surface area contributed by atoms with E-state index in [1.54, 1.807) is 76.4 Å². The predicted molar refractivity (Wildman–Crippen MR) is 153 cm³/mol. The molecule has 0 aliphatic rings. The zero-order valence-corrected chi connectivity index (χ0v) is 23.7. The maximum absolute atomic E-state index is 14.0. The molecule has 3 aromatic carbocycles. The van der Waals surface area contributed by atoms with E-state index in [2.05, 4.69) is 10.6 Å². The molecule has 0 bridgehead atoms. The average Bonchev–Trinajstić information content (AvgIpc) is 2.89. The minimum Gasteiger partial charge on any atom is -0.508 e. The first-order valence-electron chi connectivity index (χ1n) is 12.9. The van der Waals surface area contributed by atoms with Crippen LogP contribution in [-0.2, 0) is 20.7 Å². The van der Waals surface area contributed by atoms with Crippen LogP contribution in [0.25, 0.3) is 0 Å². The second kappa shape index (κ2) is 13.0. The summed E-state index contributed by atoms with van der Waals surface area (Å²) in [7, 11) is 3.09. The van der Waals surface area contributed by atoms with Crippen LogP contribution in [0.15, 0.2) is 72.8 Å². The molecule has 0 aliphatic heterocycles. The molecule has 40 heavy (non-hydrogen) atoms. The fourth-order valence-electron chi connectivity index (χ4n) is 4.19. The van der Waals surface area contributed by atoms with Gasteiger partial charge in [-0.3, -0.25) is 9.59 Å². The number of nitrogens with one attached hydrogen (secondary N) is 2. The summed E-state index contributed by atoms with van der Waals surface area (Å²) in [5.74, 6) is -0.183. The van der Waals surface area contributed by atoms with Crippen molar-refractivity contribution in [3.63, 3.8) is 0 Å². The monoisotopic (exact) mass is 547 g/mol. The number of likely N-dealkylation sites (N-methyl/N-ethyl adjacent to an activating group) is 1. The van der Waals surface area contributed by atoms with Gasteiger partial charge >= 0.3 is 6.09 Å². The van der Waals surface area contributed by atoms with E-state index in [1.165, 1.54) is 24.1 Å². The van der Waals surface area contributed by atoms with Crippen molar-refractivity contribution in [1.29, 1.82) is 0 Å². The second-order valence-electron chi connectivity index (χ2n) is 10.5. The highest BCUT2D eigenvalue weighted by Gasteiger charge is 2.35. The Labute approximate surface area is 235 Å². The predicted octanol–water partition coefficient (Wildman–Crippen LogP) is 4.98. The molecule has 2 unspecified atom stereocenters. The summed E-state index contributed by atoms with van der Waals surface area (Å²) in [5.41, 5.74) is 1.94. The molecule has 3 rings (SSSR count). The number of rotatable bonds is 9. The molecule has 9 nitrogen and oxygen atoms in total. The number of carbonyl (C=O) groups excluding carboxylic acids is 3. The number of carbonyl (C=O) groups is 3. The Kier molecular flexibility index (Phi) is 9.77. The molecule has 0 fully saturated rings. The summed E-state index contributed by atoms with van der Waals surface area (Å²) in [4.78, 5) is 41.8. The molecule has 212 valence electrons. The van der Waals surface area contributed by atoms with Crippen molar-refractivity contribution in [3.8, 4) is 11.5 Å². The van der Waals surface area contributed by atoms with Crippen molar-refractivity contribution in [3.05, 3.63) is 89.5 Å². The molecular formula is C31H37N3O6. The molecule has 0 spiro atoms. The lowest BCUT2D eigenvalue weighted by atomic mass is 9.97. The van der Waals surface area contributed by atoms with E-state index < -0.39 is 35.6 Å². The van der Waals surface area contributed by atoms with Crippen LogP contribution in [-0.4, -0.2) is 53.7 Å². The number of methoxy groups -OCH3 is 1. The maximum Gasteiger partial charge on any atom is 0.408 e. The number of alkyl carbamates (subject to hydrolysis) is 1. The van der Waals surface area contributed by atoms with Crippen LogP contribution >= 0.6 is 0 Å². The Hall–Kier alpha value is -4.53. The number of benzene rings is 3. The summed E-state index contributed by atoms with van der Waals surface area (Å²) in [6, 6.07) is 18.5. The normalized spacial score (nSPS) is 12.6. The lowest BCUT2D eigenvalue weighted by Crippen LogP contribution is -2.52. The van der Waals surface area contributed by atoms with Gasteiger partial charge in [-0.1, -0.05) is 36.4 Å². The van der Waals surface area contributed by atoms with E-state index in [4.69, 9.17) is 9.47 Å². The van der Waals surface area contributed by atoms with Crippen LogP contribution in [0, 0.1) is 6.92 Å². The van der Waals surface area contributed by atoms with Gasteiger partial charge in [0.1, 0.15) is 29.2 Å². The number of phenolic OH excluding ortho intramolecular Hbond substituents is 1. The molecule has 3 N–H and O–H groups in total. The molecule has 0 saturated heterocycles. The van der Waals surface area contributed by atoms with Crippen LogP contribution in [0.5, 0.6) is 11.5 Å². The Balaban J connectivity index is 1.95. The fourth-order valence-corrected chi connectivity index (χ4v) is 4.19. The van der Waals surface area contributed by atoms with Gasteiger partial charge in [0, 0.05) is 19.2 Å². The van der Waals surface area contributed by atoms with Crippen molar-refractivity contribution < 1.29 is 29.0 Å². The third-order valence-corrected chi connectivity index (χ3v) is 6.19. The zero-order chi connectivity index (χ0) is 29.4. The molecule has 0 aliphatic carbocycles. The van der Waals surface area contributed by atoms with Gasteiger partial charge in [0.05, 0.1) is 7.11 Å².